The van der Waals surface area contributed by atoms with E-state index in [4.69, 9.17) is 4.55 Å². The van der Waals surface area contributed by atoms with Crippen LogP contribution in [-0.4, -0.2) is 45.4 Å². The minimum Gasteiger partial charge on any atom is -0.508 e. The van der Waals surface area contributed by atoms with Gasteiger partial charge < -0.3 is 20.4 Å². The molecule has 8 nitrogen and oxygen atoms in total. The average Bonchev–Trinajstić information content (AvgIpc) is 3.60. The van der Waals surface area contributed by atoms with Gasteiger partial charge in [-0.05, 0) is 121 Å². The van der Waals surface area contributed by atoms with E-state index in [9.17, 15) is 33.6 Å². The second kappa shape index (κ2) is 16.1. The lowest BCUT2D eigenvalue weighted by molar-refractivity contribution is -0.119. The van der Waals surface area contributed by atoms with Crippen molar-refractivity contribution in [3.8, 4) is 23.0 Å². The van der Waals surface area contributed by atoms with Crippen LogP contribution < -0.4 is 0 Å². The number of aromatic hydroxyl groups is 4. The molecule has 256 valence electrons. The lowest BCUT2D eigenvalue weighted by Crippen LogP contribution is -2.21. The number of carbonyl (C=O) groups is 1. The van der Waals surface area contributed by atoms with Crippen molar-refractivity contribution in [3.63, 3.8) is 0 Å². The van der Waals surface area contributed by atoms with E-state index in [2.05, 4.69) is 63.7 Å². The first-order chi connectivity index (χ1) is 22.5. The first-order valence-corrected chi connectivity index (χ1v) is 19.9. The maximum atomic E-state index is 12.0. The molecular weight excluding hydrogens is 900 g/mol. The van der Waals surface area contributed by atoms with Crippen molar-refractivity contribution in [1.29, 1.82) is 0 Å². The Hall–Kier alpha value is -2.42. The number of halogens is 4. The molecule has 1 spiro atoms. The smallest absolute Gasteiger partial charge is 0.261 e. The molecule has 4 aromatic rings. The summed E-state index contributed by atoms with van der Waals surface area (Å²) in [5.74, 6) is 1.25. The summed E-state index contributed by atoms with van der Waals surface area (Å²) in [5, 5.41) is 39.9. The molecule has 4 aromatic carbocycles. The number of rotatable bonds is 6. The fourth-order valence-electron chi connectivity index (χ4n) is 6.38. The lowest BCUT2D eigenvalue weighted by atomic mass is 9.76. The minimum absolute atomic E-state index is 0.158. The molecule has 0 bridgehead atoms. The Bertz CT molecular complexity index is 1810. The van der Waals surface area contributed by atoms with Crippen molar-refractivity contribution >= 4 is 79.6 Å². The summed E-state index contributed by atoms with van der Waals surface area (Å²) in [7, 11) is -3.67. The van der Waals surface area contributed by atoms with Crippen LogP contribution in [0.2, 0.25) is 0 Å². The Morgan fingerprint density at radius 2 is 1.02 bits per heavy atom. The maximum Gasteiger partial charge on any atom is 0.261 e. The second-order valence-electron chi connectivity index (χ2n) is 11.7. The van der Waals surface area contributed by atoms with E-state index in [1.165, 1.54) is 11.1 Å². The predicted molar refractivity (Wildman–Crippen MR) is 200 cm³/mol. The molecule has 2 aliphatic rings. The summed E-state index contributed by atoms with van der Waals surface area (Å²) >= 11 is 14.0. The molecule has 48 heavy (non-hydrogen) atoms. The third-order valence-electron chi connectivity index (χ3n) is 8.43. The van der Waals surface area contributed by atoms with E-state index in [0.29, 0.717) is 43.4 Å². The first kappa shape index (κ1) is 38.4. The van der Waals surface area contributed by atoms with Crippen LogP contribution in [0.4, 0.5) is 0 Å². The van der Waals surface area contributed by atoms with Gasteiger partial charge in [0, 0.05) is 47.3 Å². The molecule has 0 atom stereocenters. The minimum atomic E-state index is -3.67. The third kappa shape index (κ3) is 9.42. The molecule has 0 fully saturated rings. The van der Waals surface area contributed by atoms with Crippen LogP contribution in [0, 0.1) is 0 Å². The molecule has 0 amide bonds. The molecule has 0 radical (unpaired) electrons. The number of fused-ring (bicyclic) bond motifs is 4. The number of phenolic OH excluding ortho intramolecular Hbond substituents is 4. The molecule has 5 N–H and O–H groups in total. The maximum absolute atomic E-state index is 12.0. The van der Waals surface area contributed by atoms with Crippen molar-refractivity contribution in [2.75, 3.05) is 6.26 Å². The van der Waals surface area contributed by atoms with Gasteiger partial charge in [-0.3, -0.25) is 9.35 Å². The molecule has 0 aliphatic heterocycles. The monoisotopic (exact) mass is 930 g/mol. The van der Waals surface area contributed by atoms with Gasteiger partial charge in [0.2, 0.25) is 0 Å². The van der Waals surface area contributed by atoms with E-state index in [1.54, 1.807) is 48.5 Å². The van der Waals surface area contributed by atoms with Crippen molar-refractivity contribution in [3.05, 3.63) is 112 Å². The van der Waals surface area contributed by atoms with Crippen LogP contribution in [0.1, 0.15) is 59.1 Å². The van der Waals surface area contributed by atoms with Crippen LogP contribution in [-0.2, 0) is 46.0 Å². The average molecular weight is 934 g/mol. The van der Waals surface area contributed by atoms with Crippen LogP contribution in [0.15, 0.2) is 78.6 Å². The zero-order chi connectivity index (χ0) is 35.4. The molecular formula is C35H34Br4O8S. The number of hydrogen-bond acceptors (Lipinski definition) is 7. The first-order valence-electron chi connectivity index (χ1n) is 14.9. The molecule has 0 saturated carbocycles. The standard InChI is InChI=1S/C17H16Br2O3.C17H14Br2O2.CH4O3S/c18-16-7-5-14(21)9-11(16)1-3-13(20)4-2-12-10-15(22)6-8-17(12)19;18-11-1-3-13(20)15-9(11)5-7-17(15)8-6-10-12(19)2-4-14(21)16(10)17;1-5(2,3)4/h5-10,21-22H,1-4H2;1-4,20-21H,5-8H2;1H3,(H,2,3,4). The van der Waals surface area contributed by atoms with Crippen molar-refractivity contribution in [2.45, 2.75) is 56.8 Å². The van der Waals surface area contributed by atoms with Gasteiger partial charge in [0.15, 0.2) is 0 Å². The van der Waals surface area contributed by atoms with Crippen molar-refractivity contribution < 1.29 is 38.2 Å². The molecule has 0 unspecified atom stereocenters. The Balaban J connectivity index is 0.000000190. The van der Waals surface area contributed by atoms with Gasteiger partial charge in [0.1, 0.15) is 28.8 Å². The van der Waals surface area contributed by atoms with Crippen LogP contribution in [0.3, 0.4) is 0 Å². The summed E-state index contributed by atoms with van der Waals surface area (Å²) in [6, 6.07) is 17.4. The van der Waals surface area contributed by atoms with Gasteiger partial charge in [0.25, 0.3) is 10.1 Å². The molecule has 0 saturated heterocycles. The fraction of sp³-hybridized carbons (Fsp3) is 0.286. The highest BCUT2D eigenvalue weighted by atomic mass is 79.9. The van der Waals surface area contributed by atoms with E-state index in [-0.39, 0.29) is 22.7 Å². The van der Waals surface area contributed by atoms with Crippen molar-refractivity contribution in [2.24, 2.45) is 0 Å². The van der Waals surface area contributed by atoms with E-state index in [1.807, 2.05) is 12.1 Å². The van der Waals surface area contributed by atoms with Crippen LogP contribution in [0.5, 0.6) is 23.0 Å². The number of aryl methyl sites for hydroxylation is 2. The summed E-state index contributed by atoms with van der Waals surface area (Å²) < 4.78 is 29.8. The molecule has 2 aliphatic carbocycles. The molecule has 13 heteroatoms. The largest absolute Gasteiger partial charge is 0.508 e. The van der Waals surface area contributed by atoms with Gasteiger partial charge in [-0.1, -0.05) is 63.7 Å². The highest BCUT2D eigenvalue weighted by molar-refractivity contribution is 9.11. The number of carbonyl (C=O) groups excluding carboxylic acids is 1. The zero-order valence-corrected chi connectivity index (χ0v) is 33.0. The van der Waals surface area contributed by atoms with Gasteiger partial charge in [-0.2, -0.15) is 8.42 Å². The highest BCUT2D eigenvalue weighted by Gasteiger charge is 2.49. The van der Waals surface area contributed by atoms with E-state index >= 15 is 0 Å². The Morgan fingerprint density at radius 1 is 0.667 bits per heavy atom. The van der Waals surface area contributed by atoms with E-state index in [0.717, 1.165) is 65.8 Å². The summed E-state index contributed by atoms with van der Waals surface area (Å²) in [5.41, 5.74) is 5.98. The highest BCUT2D eigenvalue weighted by Crippen LogP contribution is 2.59. The molecule has 0 aromatic heterocycles. The molecule has 6 rings (SSSR count). The third-order valence-corrected chi connectivity index (χ3v) is 11.5. The van der Waals surface area contributed by atoms with E-state index < -0.39 is 10.1 Å². The Kier molecular flexibility index (Phi) is 12.9. The van der Waals surface area contributed by atoms with Crippen molar-refractivity contribution in [1.82, 2.24) is 0 Å². The Morgan fingerprint density at radius 3 is 1.40 bits per heavy atom. The number of benzene rings is 4. The van der Waals surface area contributed by atoms with Gasteiger partial charge >= 0.3 is 0 Å². The van der Waals surface area contributed by atoms with Gasteiger partial charge in [-0.15, -0.1) is 0 Å². The van der Waals surface area contributed by atoms with Gasteiger partial charge in [0.05, 0.1) is 6.26 Å². The lowest BCUT2D eigenvalue weighted by Gasteiger charge is -2.28. The summed E-state index contributed by atoms with van der Waals surface area (Å²) in [6.45, 7) is 0. The zero-order valence-electron chi connectivity index (χ0n) is 25.8. The normalized spacial score (nSPS) is 14.0. The number of phenols is 4. The van der Waals surface area contributed by atoms with Crippen LogP contribution in [0.25, 0.3) is 0 Å². The SMILES string of the molecule is CS(=O)(=O)O.O=C(CCc1cc(O)ccc1Br)CCc1cc(O)ccc1Br.Oc1ccc(Br)c2c1C1(CC2)CCc2c(Br)ccc(O)c21. The molecule has 0 heterocycles. The number of Topliss-reactive ketones (excluding diaryl/α,β-unsaturated/α-hetero) is 1. The number of hydrogen-bond donors (Lipinski definition) is 5. The topological polar surface area (TPSA) is 152 Å². The Labute approximate surface area is 313 Å². The second-order valence-corrected chi connectivity index (χ2v) is 16.6. The summed E-state index contributed by atoms with van der Waals surface area (Å²) in [6.07, 6.45) is 6.49. The number of ketones is 1. The predicted octanol–water partition coefficient (Wildman–Crippen LogP) is 9.06. The summed E-state index contributed by atoms with van der Waals surface area (Å²) in [4.78, 5) is 12.0. The van der Waals surface area contributed by atoms with Crippen LogP contribution >= 0.6 is 63.7 Å². The quantitative estimate of drug-likeness (QED) is 0.120. The fourth-order valence-corrected chi connectivity index (χ4v) is 8.33. The van der Waals surface area contributed by atoms with Gasteiger partial charge in [-0.25, -0.2) is 0 Å².